The Bertz CT molecular complexity index is 192. The number of unbranched alkanes of at least 4 members (excludes halogenated alkanes) is 9. The number of hydrogen-bond donors (Lipinski definition) is 0. The zero-order chi connectivity index (χ0) is 14.2. The molecule has 0 radical (unpaired) electrons. The Kier molecular flexibility index (Phi) is 15.0. The first-order valence-electron chi connectivity index (χ1n) is 7.95. The summed E-state index contributed by atoms with van der Waals surface area (Å²) in [6.45, 7) is 3.12. The molecule has 0 amide bonds. The summed E-state index contributed by atoms with van der Waals surface area (Å²) in [5, 5.41) is 0. The highest BCUT2D eigenvalue weighted by molar-refractivity contribution is 5.69. The molecular weight excluding hydrogens is 240 g/mol. The van der Waals surface area contributed by atoms with Crippen LogP contribution in [0.3, 0.4) is 0 Å². The lowest BCUT2D eigenvalue weighted by Crippen LogP contribution is -2.09. The summed E-state index contributed by atoms with van der Waals surface area (Å²) in [6.07, 6.45) is 13.4. The minimum atomic E-state index is -0.0865. The second kappa shape index (κ2) is 15.5. The van der Waals surface area contributed by atoms with Gasteiger partial charge in [-0.15, -0.1) is 0 Å². The molecule has 0 aromatic heterocycles. The average molecular weight is 272 g/mol. The van der Waals surface area contributed by atoms with Crippen LogP contribution >= 0.6 is 0 Å². The van der Waals surface area contributed by atoms with Crippen molar-refractivity contribution in [1.82, 2.24) is 0 Å². The fourth-order valence-corrected chi connectivity index (χ4v) is 2.07. The molecular formula is C16H32O3. The topological polar surface area (TPSA) is 35.5 Å². The van der Waals surface area contributed by atoms with Crippen LogP contribution in [0.15, 0.2) is 0 Å². The molecule has 0 aliphatic rings. The first-order chi connectivity index (χ1) is 9.31. The van der Waals surface area contributed by atoms with Gasteiger partial charge in [0.05, 0.1) is 6.61 Å². The molecule has 0 N–H and O–H groups in total. The van der Waals surface area contributed by atoms with Crippen LogP contribution in [-0.2, 0) is 14.3 Å². The highest BCUT2D eigenvalue weighted by atomic mass is 16.6. The fourth-order valence-electron chi connectivity index (χ4n) is 2.07. The molecule has 0 aromatic carbocycles. The summed E-state index contributed by atoms with van der Waals surface area (Å²) in [7, 11) is 1.61. The summed E-state index contributed by atoms with van der Waals surface area (Å²) in [5.41, 5.74) is 0. The van der Waals surface area contributed by atoms with Gasteiger partial charge in [0.1, 0.15) is 6.61 Å². The van der Waals surface area contributed by atoms with E-state index in [4.69, 9.17) is 9.47 Å². The Labute approximate surface area is 119 Å². The molecule has 0 aliphatic heterocycles. The molecule has 0 bridgehead atoms. The van der Waals surface area contributed by atoms with Crippen LogP contribution in [0.1, 0.15) is 77.6 Å². The van der Waals surface area contributed by atoms with E-state index in [1.807, 2.05) is 0 Å². The molecule has 0 spiro atoms. The molecule has 3 nitrogen and oxygen atoms in total. The Balaban J connectivity index is 3.07. The monoisotopic (exact) mass is 272 g/mol. The van der Waals surface area contributed by atoms with E-state index in [1.54, 1.807) is 7.11 Å². The molecule has 0 aliphatic carbocycles. The largest absolute Gasteiger partial charge is 0.463 e. The molecule has 0 rings (SSSR count). The van der Waals surface area contributed by atoms with Gasteiger partial charge in [0, 0.05) is 13.5 Å². The van der Waals surface area contributed by atoms with Gasteiger partial charge in [0.2, 0.25) is 0 Å². The number of rotatable bonds is 14. The Morgan fingerprint density at radius 3 is 1.84 bits per heavy atom. The van der Waals surface area contributed by atoms with Crippen molar-refractivity contribution in [1.29, 1.82) is 0 Å². The summed E-state index contributed by atoms with van der Waals surface area (Å²) >= 11 is 0. The number of esters is 1. The molecule has 0 unspecified atom stereocenters. The van der Waals surface area contributed by atoms with Crippen molar-refractivity contribution in [3.8, 4) is 0 Å². The Morgan fingerprint density at radius 1 is 0.789 bits per heavy atom. The van der Waals surface area contributed by atoms with Crippen molar-refractivity contribution < 1.29 is 14.3 Å². The Morgan fingerprint density at radius 2 is 1.32 bits per heavy atom. The van der Waals surface area contributed by atoms with Crippen LogP contribution < -0.4 is 0 Å². The fraction of sp³-hybridized carbons (Fsp3) is 0.938. The van der Waals surface area contributed by atoms with E-state index in [9.17, 15) is 4.79 Å². The van der Waals surface area contributed by atoms with Crippen LogP contribution in [0.25, 0.3) is 0 Å². The SMILES string of the molecule is CCCCCCCCCCCCC(=O)OCCOC. The van der Waals surface area contributed by atoms with Gasteiger partial charge >= 0.3 is 5.97 Å². The van der Waals surface area contributed by atoms with E-state index in [2.05, 4.69) is 6.92 Å². The van der Waals surface area contributed by atoms with Crippen molar-refractivity contribution in [2.24, 2.45) is 0 Å². The smallest absolute Gasteiger partial charge is 0.305 e. The normalized spacial score (nSPS) is 10.6. The van der Waals surface area contributed by atoms with E-state index < -0.39 is 0 Å². The second-order valence-electron chi connectivity index (χ2n) is 5.15. The van der Waals surface area contributed by atoms with Gasteiger partial charge in [0.25, 0.3) is 0 Å². The van der Waals surface area contributed by atoms with E-state index >= 15 is 0 Å². The summed E-state index contributed by atoms with van der Waals surface area (Å²) < 4.78 is 9.82. The van der Waals surface area contributed by atoms with Gasteiger partial charge in [0.15, 0.2) is 0 Å². The number of methoxy groups -OCH3 is 1. The zero-order valence-electron chi connectivity index (χ0n) is 12.9. The molecule has 0 atom stereocenters. The molecule has 114 valence electrons. The highest BCUT2D eigenvalue weighted by Crippen LogP contribution is 2.11. The number of carbonyl (C=O) groups excluding carboxylic acids is 1. The number of hydrogen-bond acceptors (Lipinski definition) is 3. The van der Waals surface area contributed by atoms with Crippen molar-refractivity contribution >= 4 is 5.97 Å². The van der Waals surface area contributed by atoms with E-state index in [0.717, 1.165) is 12.8 Å². The van der Waals surface area contributed by atoms with Crippen molar-refractivity contribution in [2.45, 2.75) is 77.6 Å². The minimum absolute atomic E-state index is 0.0865. The highest BCUT2D eigenvalue weighted by Gasteiger charge is 2.01. The predicted octanol–water partition coefficient (Wildman–Crippen LogP) is 4.49. The molecule has 3 heteroatoms. The van der Waals surface area contributed by atoms with E-state index in [1.165, 1.54) is 51.4 Å². The zero-order valence-corrected chi connectivity index (χ0v) is 12.9. The molecule has 0 aromatic rings. The minimum Gasteiger partial charge on any atom is -0.463 e. The van der Waals surface area contributed by atoms with E-state index in [-0.39, 0.29) is 5.97 Å². The van der Waals surface area contributed by atoms with Crippen molar-refractivity contribution in [2.75, 3.05) is 20.3 Å². The van der Waals surface area contributed by atoms with Gasteiger partial charge in [-0.25, -0.2) is 0 Å². The van der Waals surface area contributed by atoms with Crippen molar-refractivity contribution in [3.05, 3.63) is 0 Å². The molecule has 0 saturated carbocycles. The van der Waals surface area contributed by atoms with Gasteiger partial charge in [-0.2, -0.15) is 0 Å². The quantitative estimate of drug-likeness (QED) is 0.345. The maximum Gasteiger partial charge on any atom is 0.305 e. The maximum atomic E-state index is 11.3. The second-order valence-corrected chi connectivity index (χ2v) is 5.15. The van der Waals surface area contributed by atoms with Crippen molar-refractivity contribution in [3.63, 3.8) is 0 Å². The third-order valence-electron chi connectivity index (χ3n) is 3.28. The summed E-state index contributed by atoms with van der Waals surface area (Å²) in [5.74, 6) is -0.0865. The number of ether oxygens (including phenoxy) is 2. The first-order valence-corrected chi connectivity index (χ1v) is 7.95. The summed E-state index contributed by atoms with van der Waals surface area (Å²) in [4.78, 5) is 11.3. The van der Waals surface area contributed by atoms with Crippen LogP contribution in [0.4, 0.5) is 0 Å². The van der Waals surface area contributed by atoms with Crippen LogP contribution in [-0.4, -0.2) is 26.3 Å². The van der Waals surface area contributed by atoms with Crippen LogP contribution in [0.2, 0.25) is 0 Å². The standard InChI is InChI=1S/C16H32O3/c1-3-4-5-6-7-8-9-10-11-12-13-16(17)19-15-14-18-2/h3-15H2,1-2H3. The lowest BCUT2D eigenvalue weighted by atomic mass is 10.1. The molecule has 0 saturated heterocycles. The predicted molar refractivity (Wildman–Crippen MR) is 79.3 cm³/mol. The first kappa shape index (κ1) is 18.4. The summed E-state index contributed by atoms with van der Waals surface area (Å²) in [6, 6.07) is 0. The Hall–Kier alpha value is -0.570. The van der Waals surface area contributed by atoms with E-state index in [0.29, 0.717) is 19.6 Å². The lowest BCUT2D eigenvalue weighted by Gasteiger charge is -2.04. The van der Waals surface area contributed by atoms with Gasteiger partial charge in [-0.3, -0.25) is 4.79 Å². The van der Waals surface area contributed by atoms with Crippen LogP contribution in [0, 0.1) is 0 Å². The third-order valence-corrected chi connectivity index (χ3v) is 3.28. The van der Waals surface area contributed by atoms with Gasteiger partial charge in [-0.05, 0) is 6.42 Å². The number of carbonyl (C=O) groups is 1. The molecule has 0 heterocycles. The third kappa shape index (κ3) is 15.4. The van der Waals surface area contributed by atoms with Crippen LogP contribution in [0.5, 0.6) is 0 Å². The molecule has 0 fully saturated rings. The van der Waals surface area contributed by atoms with Gasteiger partial charge < -0.3 is 9.47 Å². The van der Waals surface area contributed by atoms with Gasteiger partial charge in [-0.1, -0.05) is 64.7 Å². The lowest BCUT2D eigenvalue weighted by molar-refractivity contribution is -0.145. The molecule has 19 heavy (non-hydrogen) atoms. The maximum absolute atomic E-state index is 11.3. The average Bonchev–Trinajstić information content (AvgIpc) is 2.41.